The molecule has 5 nitrogen and oxygen atoms in total. The molecule has 23 heavy (non-hydrogen) atoms. The van der Waals surface area contributed by atoms with Gasteiger partial charge in [0.05, 0.1) is 12.7 Å². The van der Waals surface area contributed by atoms with E-state index in [1.54, 1.807) is 24.1 Å². The van der Waals surface area contributed by atoms with Crippen LogP contribution in [0.3, 0.4) is 0 Å². The number of hydrogen-bond acceptors (Lipinski definition) is 3. The van der Waals surface area contributed by atoms with Gasteiger partial charge in [0.25, 0.3) is 0 Å². The smallest absolute Gasteiger partial charge is 0.317 e. The van der Waals surface area contributed by atoms with Crippen molar-refractivity contribution in [3.8, 4) is 5.75 Å². The molecule has 1 aliphatic carbocycles. The fourth-order valence-corrected chi connectivity index (χ4v) is 2.76. The number of nitrogens with one attached hydrogen (secondary N) is 1. The lowest BCUT2D eigenvalue weighted by Gasteiger charge is -2.28. The minimum atomic E-state index is -0.203. The van der Waals surface area contributed by atoms with Crippen molar-refractivity contribution in [2.45, 2.75) is 44.2 Å². The van der Waals surface area contributed by atoms with E-state index in [1.165, 1.54) is 0 Å². The minimum Gasteiger partial charge on any atom is -0.494 e. The Morgan fingerprint density at radius 3 is 2.61 bits per heavy atom. The fraction of sp³-hybridized carbons (Fsp3) is 0.588. The van der Waals surface area contributed by atoms with Crippen LogP contribution in [0.15, 0.2) is 24.3 Å². The third kappa shape index (κ3) is 6.28. The number of amides is 2. The van der Waals surface area contributed by atoms with Gasteiger partial charge in [0, 0.05) is 24.7 Å². The van der Waals surface area contributed by atoms with Crippen LogP contribution in [0.1, 0.15) is 32.1 Å². The van der Waals surface area contributed by atoms with Crippen molar-refractivity contribution in [2.24, 2.45) is 0 Å². The normalized spacial score (nSPS) is 20.8. The predicted molar refractivity (Wildman–Crippen MR) is 91.0 cm³/mol. The number of aliphatic hydroxyl groups is 1. The zero-order valence-electron chi connectivity index (χ0n) is 13.5. The van der Waals surface area contributed by atoms with Crippen molar-refractivity contribution in [3.05, 3.63) is 29.3 Å². The lowest BCUT2D eigenvalue weighted by molar-refractivity contribution is 0.115. The second-order valence-electron chi connectivity index (χ2n) is 6.03. The molecule has 6 heteroatoms. The maximum Gasteiger partial charge on any atom is 0.317 e. The first-order valence-electron chi connectivity index (χ1n) is 8.12. The molecule has 2 N–H and O–H groups in total. The minimum absolute atomic E-state index is 0.0575. The molecule has 2 amide bonds. The first-order chi connectivity index (χ1) is 11.0. The molecule has 1 aromatic rings. The number of halogens is 1. The summed E-state index contributed by atoms with van der Waals surface area (Å²) in [6.45, 7) is 1.18. The molecule has 0 atom stereocenters. The number of benzene rings is 1. The molecule has 0 aromatic heterocycles. The van der Waals surface area contributed by atoms with Crippen LogP contribution in [0.25, 0.3) is 0 Å². The van der Waals surface area contributed by atoms with Gasteiger partial charge in [-0.1, -0.05) is 11.6 Å². The number of carbonyl (C=O) groups excluding carboxylic acids is 1. The highest BCUT2D eigenvalue weighted by molar-refractivity contribution is 6.30. The van der Waals surface area contributed by atoms with Crippen LogP contribution in [0.5, 0.6) is 5.75 Å². The van der Waals surface area contributed by atoms with Crippen LogP contribution in [0, 0.1) is 0 Å². The van der Waals surface area contributed by atoms with Gasteiger partial charge in [-0.15, -0.1) is 0 Å². The lowest BCUT2D eigenvalue weighted by atomic mass is 9.93. The van der Waals surface area contributed by atoms with E-state index in [9.17, 15) is 9.90 Å². The Kier molecular flexibility index (Phi) is 6.99. The molecular weight excluding hydrogens is 316 g/mol. The van der Waals surface area contributed by atoms with Gasteiger partial charge in [0.15, 0.2) is 0 Å². The van der Waals surface area contributed by atoms with Crippen molar-refractivity contribution < 1.29 is 14.6 Å². The van der Waals surface area contributed by atoms with E-state index in [0.717, 1.165) is 37.9 Å². The number of nitrogens with zero attached hydrogens (tertiary/aromatic N) is 1. The van der Waals surface area contributed by atoms with E-state index in [0.29, 0.717) is 18.2 Å². The summed E-state index contributed by atoms with van der Waals surface area (Å²) in [6, 6.07) is 7.36. The van der Waals surface area contributed by atoms with E-state index in [-0.39, 0.29) is 18.2 Å². The molecule has 0 heterocycles. The van der Waals surface area contributed by atoms with Gasteiger partial charge >= 0.3 is 6.03 Å². The zero-order chi connectivity index (χ0) is 16.7. The summed E-state index contributed by atoms with van der Waals surface area (Å²) in [6.07, 6.45) is 3.79. The van der Waals surface area contributed by atoms with E-state index >= 15 is 0 Å². The van der Waals surface area contributed by atoms with Gasteiger partial charge in [-0.25, -0.2) is 4.79 Å². The Balaban J connectivity index is 1.61. The summed E-state index contributed by atoms with van der Waals surface area (Å²) < 4.78 is 5.61. The molecular formula is C17H25ClN2O3. The number of urea groups is 1. The number of ether oxygens (including phenoxy) is 1. The number of hydrogen-bond donors (Lipinski definition) is 2. The first-order valence-corrected chi connectivity index (χ1v) is 8.50. The molecule has 0 spiro atoms. The molecule has 0 aliphatic heterocycles. The highest BCUT2D eigenvalue weighted by Gasteiger charge is 2.21. The maximum absolute atomic E-state index is 12.1. The van der Waals surface area contributed by atoms with Gasteiger partial charge in [-0.3, -0.25) is 0 Å². The summed E-state index contributed by atoms with van der Waals surface area (Å²) in [5.41, 5.74) is 0. The zero-order valence-corrected chi connectivity index (χ0v) is 14.3. The average Bonchev–Trinajstić information content (AvgIpc) is 2.55. The summed E-state index contributed by atoms with van der Waals surface area (Å²) in [5, 5.41) is 13.2. The summed E-state index contributed by atoms with van der Waals surface area (Å²) in [4.78, 5) is 13.8. The molecule has 0 saturated heterocycles. The van der Waals surface area contributed by atoms with Crippen molar-refractivity contribution >= 4 is 17.6 Å². The van der Waals surface area contributed by atoms with E-state index in [1.807, 2.05) is 12.1 Å². The van der Waals surface area contributed by atoms with Crippen LogP contribution < -0.4 is 10.1 Å². The van der Waals surface area contributed by atoms with Crippen LogP contribution in [-0.4, -0.2) is 48.4 Å². The Morgan fingerprint density at radius 2 is 1.96 bits per heavy atom. The Hall–Kier alpha value is -1.46. The van der Waals surface area contributed by atoms with Gasteiger partial charge in [0.1, 0.15) is 5.75 Å². The highest BCUT2D eigenvalue weighted by atomic mass is 35.5. The summed E-state index contributed by atoms with van der Waals surface area (Å²) in [5.74, 6) is 0.780. The van der Waals surface area contributed by atoms with Crippen molar-refractivity contribution in [1.82, 2.24) is 10.2 Å². The Bertz CT molecular complexity index is 487. The number of aliphatic hydroxyl groups excluding tert-OH is 1. The fourth-order valence-electron chi connectivity index (χ4n) is 2.63. The topological polar surface area (TPSA) is 61.8 Å². The average molecular weight is 341 g/mol. The van der Waals surface area contributed by atoms with Crippen LogP contribution in [0.4, 0.5) is 4.79 Å². The Labute approximate surface area is 142 Å². The molecule has 0 radical (unpaired) electrons. The molecule has 1 fully saturated rings. The molecule has 2 rings (SSSR count). The van der Waals surface area contributed by atoms with Crippen molar-refractivity contribution in [1.29, 1.82) is 0 Å². The molecule has 1 aromatic carbocycles. The molecule has 0 bridgehead atoms. The van der Waals surface area contributed by atoms with Crippen LogP contribution in [0.2, 0.25) is 5.02 Å². The van der Waals surface area contributed by atoms with Gasteiger partial charge < -0.3 is 20.1 Å². The summed E-state index contributed by atoms with van der Waals surface area (Å²) >= 11 is 5.82. The lowest BCUT2D eigenvalue weighted by Crippen LogP contribution is -2.45. The molecule has 128 valence electrons. The predicted octanol–water partition coefficient (Wildman–Crippen LogP) is 3.05. The quantitative estimate of drug-likeness (QED) is 0.782. The maximum atomic E-state index is 12.1. The third-order valence-corrected chi connectivity index (χ3v) is 4.34. The molecule has 1 saturated carbocycles. The third-order valence-electron chi connectivity index (χ3n) is 4.09. The van der Waals surface area contributed by atoms with Gasteiger partial charge in [0.2, 0.25) is 0 Å². The van der Waals surface area contributed by atoms with Crippen LogP contribution in [-0.2, 0) is 0 Å². The van der Waals surface area contributed by atoms with E-state index in [4.69, 9.17) is 16.3 Å². The second-order valence-corrected chi connectivity index (χ2v) is 6.47. The largest absolute Gasteiger partial charge is 0.494 e. The van der Waals surface area contributed by atoms with Crippen molar-refractivity contribution in [2.75, 3.05) is 20.2 Å². The van der Waals surface area contributed by atoms with Crippen molar-refractivity contribution in [3.63, 3.8) is 0 Å². The molecule has 0 unspecified atom stereocenters. The second kappa shape index (κ2) is 8.99. The number of rotatable bonds is 6. The highest BCUT2D eigenvalue weighted by Crippen LogP contribution is 2.18. The van der Waals surface area contributed by atoms with E-state index in [2.05, 4.69) is 5.32 Å². The monoisotopic (exact) mass is 340 g/mol. The standard InChI is InChI=1S/C17H25ClN2O3/c1-20(17(22)19-14-5-7-15(21)8-6-14)11-2-12-23-16-9-3-13(18)4-10-16/h3-4,9-10,14-15,21H,2,5-8,11-12H2,1H3,(H,19,22). The van der Waals surface area contributed by atoms with Gasteiger partial charge in [-0.2, -0.15) is 0 Å². The van der Waals surface area contributed by atoms with E-state index < -0.39 is 0 Å². The SMILES string of the molecule is CN(CCCOc1ccc(Cl)cc1)C(=O)NC1CCC(O)CC1. The summed E-state index contributed by atoms with van der Waals surface area (Å²) in [7, 11) is 1.79. The number of carbonyl (C=O) groups is 1. The van der Waals surface area contributed by atoms with Gasteiger partial charge in [-0.05, 0) is 56.4 Å². The first kappa shape index (κ1) is 17.9. The molecule has 1 aliphatic rings. The Morgan fingerprint density at radius 1 is 1.30 bits per heavy atom. The van der Waals surface area contributed by atoms with Crippen LogP contribution >= 0.6 is 11.6 Å².